The summed E-state index contributed by atoms with van der Waals surface area (Å²) in [6, 6.07) is 2.47. The fourth-order valence-electron chi connectivity index (χ4n) is 1.36. The Morgan fingerprint density at radius 2 is 2.00 bits per heavy atom. The molecule has 0 aromatic heterocycles. The third kappa shape index (κ3) is 4.12. The van der Waals surface area contributed by atoms with Crippen molar-refractivity contribution in [3.05, 3.63) is 35.4 Å². The maximum absolute atomic E-state index is 12.9. The van der Waals surface area contributed by atoms with Gasteiger partial charge in [-0.05, 0) is 31.5 Å². The molecule has 98 valence electrons. The molecule has 0 aliphatic rings. The smallest absolute Gasteiger partial charge is 0.303 e. The first kappa shape index (κ1) is 14.1. The van der Waals surface area contributed by atoms with Gasteiger partial charge in [0.05, 0.1) is 0 Å². The average Bonchev–Trinajstić information content (AvgIpc) is 2.30. The Kier molecular flexibility index (Phi) is 4.76. The number of amides is 1. The number of nitrogens with one attached hydrogen (secondary N) is 1. The first-order valence-corrected chi connectivity index (χ1v) is 5.38. The minimum Gasteiger partial charge on any atom is -0.481 e. The van der Waals surface area contributed by atoms with E-state index in [0.29, 0.717) is 0 Å². The van der Waals surface area contributed by atoms with Gasteiger partial charge in [0.25, 0.3) is 5.91 Å². The van der Waals surface area contributed by atoms with Crippen LogP contribution in [0.4, 0.5) is 8.78 Å². The van der Waals surface area contributed by atoms with Crippen LogP contribution in [0.3, 0.4) is 0 Å². The number of carboxylic acid groups (broad SMARTS) is 1. The number of hydrogen-bond acceptors (Lipinski definition) is 2. The predicted octanol–water partition coefficient (Wildman–Crippen LogP) is 1.95. The molecule has 0 saturated heterocycles. The summed E-state index contributed by atoms with van der Waals surface area (Å²) in [6.45, 7) is 1.64. The first-order valence-electron chi connectivity index (χ1n) is 5.38. The molecular formula is C12H13F2NO3. The van der Waals surface area contributed by atoms with E-state index in [-0.39, 0.29) is 24.4 Å². The zero-order valence-corrected chi connectivity index (χ0v) is 9.74. The molecule has 6 heteroatoms. The molecule has 0 aliphatic heterocycles. The Labute approximate surface area is 103 Å². The van der Waals surface area contributed by atoms with Crippen molar-refractivity contribution in [3.63, 3.8) is 0 Å². The molecule has 1 atom stereocenters. The molecule has 18 heavy (non-hydrogen) atoms. The van der Waals surface area contributed by atoms with E-state index in [9.17, 15) is 18.4 Å². The summed E-state index contributed by atoms with van der Waals surface area (Å²) in [5.74, 6) is -3.64. The molecule has 2 N–H and O–H groups in total. The fraction of sp³-hybridized carbons (Fsp3) is 0.333. The van der Waals surface area contributed by atoms with E-state index in [2.05, 4.69) is 5.32 Å². The number of aliphatic carboxylic acids is 1. The number of carbonyl (C=O) groups is 2. The van der Waals surface area contributed by atoms with Gasteiger partial charge >= 0.3 is 5.97 Å². The molecule has 1 amide bonds. The normalized spacial score (nSPS) is 11.9. The van der Waals surface area contributed by atoms with Crippen molar-refractivity contribution in [1.29, 1.82) is 0 Å². The van der Waals surface area contributed by atoms with Crippen LogP contribution in [-0.2, 0) is 4.79 Å². The van der Waals surface area contributed by atoms with Crippen LogP contribution in [0.15, 0.2) is 18.2 Å². The molecule has 0 saturated carbocycles. The predicted molar refractivity (Wildman–Crippen MR) is 60.2 cm³/mol. The zero-order valence-electron chi connectivity index (χ0n) is 9.74. The SMILES string of the molecule is CC(CCC(=O)O)NC(=O)c1ccc(F)c(F)c1. The summed E-state index contributed by atoms with van der Waals surface area (Å²) >= 11 is 0. The van der Waals surface area contributed by atoms with Gasteiger partial charge in [-0.2, -0.15) is 0 Å². The largest absolute Gasteiger partial charge is 0.481 e. The molecule has 0 bridgehead atoms. The average molecular weight is 257 g/mol. The molecule has 1 rings (SSSR count). The number of carbonyl (C=O) groups excluding carboxylic acids is 1. The molecular weight excluding hydrogens is 244 g/mol. The highest BCUT2D eigenvalue weighted by Gasteiger charge is 2.13. The van der Waals surface area contributed by atoms with Crippen LogP contribution in [-0.4, -0.2) is 23.0 Å². The van der Waals surface area contributed by atoms with Crippen LogP contribution in [0.25, 0.3) is 0 Å². The number of carboxylic acids is 1. The van der Waals surface area contributed by atoms with Crippen molar-refractivity contribution in [2.24, 2.45) is 0 Å². The standard InChI is InChI=1S/C12H13F2NO3/c1-7(2-5-11(16)17)15-12(18)8-3-4-9(13)10(14)6-8/h3-4,6-7H,2,5H2,1H3,(H,15,18)(H,16,17). The maximum atomic E-state index is 12.9. The van der Waals surface area contributed by atoms with Crippen LogP contribution in [0.2, 0.25) is 0 Å². The second kappa shape index (κ2) is 6.09. The molecule has 0 aliphatic carbocycles. The minimum absolute atomic E-state index is 0.00363. The highest BCUT2D eigenvalue weighted by molar-refractivity contribution is 5.94. The van der Waals surface area contributed by atoms with Crippen molar-refractivity contribution < 1.29 is 23.5 Å². The van der Waals surface area contributed by atoms with Gasteiger partial charge in [-0.25, -0.2) is 8.78 Å². The van der Waals surface area contributed by atoms with Crippen LogP contribution < -0.4 is 5.32 Å². The lowest BCUT2D eigenvalue weighted by Crippen LogP contribution is -2.33. The van der Waals surface area contributed by atoms with Crippen molar-refractivity contribution in [2.45, 2.75) is 25.8 Å². The second-order valence-electron chi connectivity index (χ2n) is 3.94. The lowest BCUT2D eigenvalue weighted by atomic mass is 10.1. The van der Waals surface area contributed by atoms with E-state index in [1.54, 1.807) is 6.92 Å². The highest BCUT2D eigenvalue weighted by Crippen LogP contribution is 2.09. The Hall–Kier alpha value is -1.98. The van der Waals surface area contributed by atoms with Gasteiger partial charge in [0.15, 0.2) is 11.6 Å². The quantitative estimate of drug-likeness (QED) is 0.847. The van der Waals surface area contributed by atoms with E-state index in [1.165, 1.54) is 0 Å². The molecule has 4 nitrogen and oxygen atoms in total. The lowest BCUT2D eigenvalue weighted by molar-refractivity contribution is -0.137. The van der Waals surface area contributed by atoms with Crippen molar-refractivity contribution >= 4 is 11.9 Å². The summed E-state index contributed by atoms with van der Waals surface area (Å²) in [6.07, 6.45) is 0.198. The molecule has 1 aromatic rings. The number of halogens is 2. The van der Waals surface area contributed by atoms with E-state index in [0.717, 1.165) is 18.2 Å². The molecule has 0 radical (unpaired) electrons. The van der Waals surface area contributed by atoms with E-state index < -0.39 is 23.5 Å². The van der Waals surface area contributed by atoms with Gasteiger partial charge in [0, 0.05) is 18.0 Å². The molecule has 1 unspecified atom stereocenters. The van der Waals surface area contributed by atoms with Crippen LogP contribution in [0, 0.1) is 11.6 Å². The van der Waals surface area contributed by atoms with E-state index in [4.69, 9.17) is 5.11 Å². The van der Waals surface area contributed by atoms with Crippen LogP contribution >= 0.6 is 0 Å². The van der Waals surface area contributed by atoms with E-state index >= 15 is 0 Å². The van der Waals surface area contributed by atoms with Crippen molar-refractivity contribution in [3.8, 4) is 0 Å². The van der Waals surface area contributed by atoms with Crippen molar-refractivity contribution in [1.82, 2.24) is 5.32 Å². The Balaban J connectivity index is 2.59. The summed E-state index contributed by atoms with van der Waals surface area (Å²) in [5, 5.41) is 11.0. The summed E-state index contributed by atoms with van der Waals surface area (Å²) in [5.41, 5.74) is -0.00363. The maximum Gasteiger partial charge on any atom is 0.303 e. The fourth-order valence-corrected chi connectivity index (χ4v) is 1.36. The third-order valence-electron chi connectivity index (χ3n) is 2.35. The van der Waals surface area contributed by atoms with Gasteiger partial charge in [-0.3, -0.25) is 9.59 Å². The van der Waals surface area contributed by atoms with Crippen molar-refractivity contribution in [2.75, 3.05) is 0 Å². The molecule has 0 fully saturated rings. The van der Waals surface area contributed by atoms with Gasteiger partial charge < -0.3 is 10.4 Å². The lowest BCUT2D eigenvalue weighted by Gasteiger charge is -2.12. The summed E-state index contributed by atoms with van der Waals surface area (Å²) in [7, 11) is 0. The van der Waals surface area contributed by atoms with Gasteiger partial charge in [-0.15, -0.1) is 0 Å². The second-order valence-corrected chi connectivity index (χ2v) is 3.94. The van der Waals surface area contributed by atoms with Crippen LogP contribution in [0.5, 0.6) is 0 Å². The summed E-state index contributed by atoms with van der Waals surface area (Å²) < 4.78 is 25.6. The van der Waals surface area contributed by atoms with Gasteiger partial charge in [0.1, 0.15) is 0 Å². The third-order valence-corrected chi connectivity index (χ3v) is 2.35. The highest BCUT2D eigenvalue weighted by atomic mass is 19.2. The summed E-state index contributed by atoms with van der Waals surface area (Å²) in [4.78, 5) is 22.0. The van der Waals surface area contributed by atoms with Crippen LogP contribution in [0.1, 0.15) is 30.1 Å². The monoisotopic (exact) mass is 257 g/mol. The Bertz CT molecular complexity index is 463. The van der Waals surface area contributed by atoms with Gasteiger partial charge in [0.2, 0.25) is 0 Å². The first-order chi connectivity index (χ1) is 8.40. The van der Waals surface area contributed by atoms with Gasteiger partial charge in [-0.1, -0.05) is 0 Å². The number of rotatable bonds is 5. The number of benzene rings is 1. The molecule has 1 aromatic carbocycles. The van der Waals surface area contributed by atoms with E-state index in [1.807, 2.05) is 0 Å². The number of hydrogen-bond donors (Lipinski definition) is 2. The zero-order chi connectivity index (χ0) is 13.7. The molecule has 0 spiro atoms. The molecule has 0 heterocycles. The topological polar surface area (TPSA) is 66.4 Å². The minimum atomic E-state index is -1.10. The Morgan fingerprint density at radius 3 is 2.56 bits per heavy atom. The Morgan fingerprint density at radius 1 is 1.33 bits per heavy atom.